The van der Waals surface area contributed by atoms with E-state index in [1.54, 1.807) is 30.3 Å². The van der Waals surface area contributed by atoms with Crippen molar-refractivity contribution >= 4 is 39.2 Å². The van der Waals surface area contributed by atoms with Crippen LogP contribution in [0.1, 0.15) is 25.6 Å². The summed E-state index contributed by atoms with van der Waals surface area (Å²) in [7, 11) is 0. The van der Waals surface area contributed by atoms with Gasteiger partial charge in [-0.25, -0.2) is 4.39 Å². The molecule has 3 aromatic heterocycles. The summed E-state index contributed by atoms with van der Waals surface area (Å²) in [6.45, 7) is 0.284. The Labute approximate surface area is 162 Å². The van der Waals surface area contributed by atoms with Gasteiger partial charge in [-0.3, -0.25) is 19.7 Å². The van der Waals surface area contributed by atoms with Crippen molar-refractivity contribution in [1.82, 2.24) is 20.5 Å². The van der Waals surface area contributed by atoms with Gasteiger partial charge in [0.2, 0.25) is 0 Å². The number of thiophene rings is 1. The second-order valence-corrected chi connectivity index (χ2v) is 6.96. The zero-order valence-electron chi connectivity index (χ0n) is 14.4. The number of benzene rings is 1. The molecule has 4 rings (SSSR count). The number of anilines is 1. The van der Waals surface area contributed by atoms with Crippen molar-refractivity contribution in [3.63, 3.8) is 0 Å². The number of H-pyrrole nitrogens is 1. The molecule has 0 unspecified atom stereocenters. The van der Waals surface area contributed by atoms with Crippen LogP contribution < -0.4 is 10.6 Å². The number of hydrogen-bond donors (Lipinski definition) is 3. The van der Waals surface area contributed by atoms with Crippen LogP contribution in [0.15, 0.2) is 54.9 Å². The molecule has 0 aliphatic heterocycles. The molecule has 4 aromatic rings. The Balaban J connectivity index is 1.47. The molecule has 0 saturated heterocycles. The molecule has 0 aliphatic rings. The second kappa shape index (κ2) is 7.57. The van der Waals surface area contributed by atoms with Crippen LogP contribution in [0.5, 0.6) is 0 Å². The van der Waals surface area contributed by atoms with Crippen LogP contribution in [0.4, 0.5) is 10.2 Å². The summed E-state index contributed by atoms with van der Waals surface area (Å²) in [5.74, 6) is -0.471. The third-order valence-corrected chi connectivity index (χ3v) is 5.05. The number of carbonyl (C=O) groups excluding carboxylic acids is 2. The van der Waals surface area contributed by atoms with E-state index in [1.807, 2.05) is 0 Å². The first-order chi connectivity index (χ1) is 13.6. The van der Waals surface area contributed by atoms with E-state index in [0.717, 1.165) is 5.56 Å². The summed E-state index contributed by atoms with van der Waals surface area (Å²) >= 11 is 1.21. The Bertz CT molecular complexity index is 1140. The molecule has 9 heteroatoms. The van der Waals surface area contributed by atoms with E-state index in [2.05, 4.69) is 25.8 Å². The summed E-state index contributed by atoms with van der Waals surface area (Å²) in [4.78, 5) is 29.6. The quantitative estimate of drug-likeness (QED) is 0.483. The van der Waals surface area contributed by atoms with E-state index in [0.29, 0.717) is 26.5 Å². The van der Waals surface area contributed by atoms with Gasteiger partial charge in [-0.15, -0.1) is 11.3 Å². The lowest BCUT2D eigenvalue weighted by Gasteiger charge is -2.04. The number of aromatic amines is 1. The first-order valence-electron chi connectivity index (χ1n) is 8.32. The number of amides is 2. The van der Waals surface area contributed by atoms with Crippen molar-refractivity contribution in [3.05, 3.63) is 76.7 Å². The lowest BCUT2D eigenvalue weighted by Crippen LogP contribution is -2.21. The van der Waals surface area contributed by atoms with E-state index >= 15 is 0 Å². The molecule has 0 aliphatic carbocycles. The summed E-state index contributed by atoms with van der Waals surface area (Å²) < 4.78 is 12.9. The SMILES string of the molecule is O=C(Nc1[nH]nc2sc(C(=O)NCc3ccc(F)cc3)cc12)c1ccncc1. The number of aromatic nitrogens is 3. The van der Waals surface area contributed by atoms with Crippen LogP contribution in [0.25, 0.3) is 10.2 Å². The van der Waals surface area contributed by atoms with Crippen LogP contribution >= 0.6 is 11.3 Å². The van der Waals surface area contributed by atoms with Crippen molar-refractivity contribution in [2.24, 2.45) is 0 Å². The molecule has 3 heterocycles. The highest BCUT2D eigenvalue weighted by atomic mass is 32.1. The molecule has 28 heavy (non-hydrogen) atoms. The molecular weight excluding hydrogens is 381 g/mol. The summed E-state index contributed by atoms with van der Waals surface area (Å²) in [6, 6.07) is 10.8. The molecule has 2 amide bonds. The van der Waals surface area contributed by atoms with Gasteiger partial charge in [0.25, 0.3) is 11.8 Å². The van der Waals surface area contributed by atoms with Crippen molar-refractivity contribution in [1.29, 1.82) is 0 Å². The molecule has 0 spiro atoms. The number of hydrogen-bond acceptors (Lipinski definition) is 5. The van der Waals surface area contributed by atoms with Crippen LogP contribution in [-0.2, 0) is 6.54 Å². The van der Waals surface area contributed by atoms with Gasteiger partial charge >= 0.3 is 0 Å². The van der Waals surface area contributed by atoms with Crippen molar-refractivity contribution < 1.29 is 14.0 Å². The van der Waals surface area contributed by atoms with Gasteiger partial charge in [0.1, 0.15) is 16.5 Å². The van der Waals surface area contributed by atoms with Crippen LogP contribution in [-0.4, -0.2) is 27.0 Å². The van der Waals surface area contributed by atoms with E-state index in [9.17, 15) is 14.0 Å². The summed E-state index contributed by atoms with van der Waals surface area (Å²) in [6.07, 6.45) is 3.07. The minimum Gasteiger partial charge on any atom is -0.347 e. The number of carbonyl (C=O) groups is 2. The Morgan fingerprint density at radius 1 is 1.07 bits per heavy atom. The van der Waals surface area contributed by atoms with E-state index in [1.165, 1.54) is 35.9 Å². The van der Waals surface area contributed by atoms with Crippen molar-refractivity contribution in [3.8, 4) is 0 Å². The highest BCUT2D eigenvalue weighted by Crippen LogP contribution is 2.29. The lowest BCUT2D eigenvalue weighted by atomic mass is 10.2. The predicted octanol–water partition coefficient (Wildman–Crippen LogP) is 3.34. The van der Waals surface area contributed by atoms with Gasteiger partial charge in [0.15, 0.2) is 0 Å². The van der Waals surface area contributed by atoms with Crippen LogP contribution in [0, 0.1) is 5.82 Å². The fourth-order valence-electron chi connectivity index (χ4n) is 2.58. The molecule has 0 saturated carbocycles. The van der Waals surface area contributed by atoms with Gasteiger partial charge in [0.05, 0.1) is 10.3 Å². The maximum absolute atomic E-state index is 12.9. The highest BCUT2D eigenvalue weighted by molar-refractivity contribution is 7.20. The first-order valence-corrected chi connectivity index (χ1v) is 9.14. The number of fused-ring (bicyclic) bond motifs is 1. The summed E-state index contributed by atoms with van der Waals surface area (Å²) in [5, 5.41) is 13.1. The Hall–Kier alpha value is -3.59. The number of nitrogens with one attached hydrogen (secondary N) is 3. The topological polar surface area (TPSA) is 99.8 Å². The third kappa shape index (κ3) is 3.74. The Kier molecular flexibility index (Phi) is 4.81. The Morgan fingerprint density at radius 3 is 2.57 bits per heavy atom. The lowest BCUT2D eigenvalue weighted by molar-refractivity contribution is 0.0954. The molecule has 0 fully saturated rings. The molecule has 0 bridgehead atoms. The number of rotatable bonds is 5. The molecule has 1 aromatic carbocycles. The smallest absolute Gasteiger partial charge is 0.261 e. The molecular formula is C19H14FN5O2S. The average Bonchev–Trinajstić information content (AvgIpc) is 3.30. The number of halogens is 1. The minimum absolute atomic E-state index is 0.265. The fourth-order valence-corrected chi connectivity index (χ4v) is 3.49. The van der Waals surface area contributed by atoms with Gasteiger partial charge in [-0.05, 0) is 35.9 Å². The Morgan fingerprint density at radius 2 is 1.82 bits per heavy atom. The van der Waals surface area contributed by atoms with Gasteiger partial charge < -0.3 is 10.6 Å². The maximum atomic E-state index is 12.9. The molecule has 0 atom stereocenters. The van der Waals surface area contributed by atoms with E-state index in [4.69, 9.17) is 0 Å². The standard InChI is InChI=1S/C19H14FN5O2S/c20-13-3-1-11(2-4-13)10-22-18(27)15-9-14-16(24-25-19(14)28-15)23-17(26)12-5-7-21-8-6-12/h1-9H,10H2,(H,22,27)(H2,23,24,25,26). The fraction of sp³-hybridized carbons (Fsp3) is 0.0526. The molecule has 140 valence electrons. The van der Waals surface area contributed by atoms with Gasteiger partial charge in [-0.2, -0.15) is 5.10 Å². The maximum Gasteiger partial charge on any atom is 0.261 e. The highest BCUT2D eigenvalue weighted by Gasteiger charge is 2.17. The normalized spacial score (nSPS) is 10.8. The zero-order chi connectivity index (χ0) is 19.5. The van der Waals surface area contributed by atoms with E-state index in [-0.39, 0.29) is 24.2 Å². The molecule has 7 nitrogen and oxygen atoms in total. The number of pyridine rings is 1. The largest absolute Gasteiger partial charge is 0.347 e. The van der Waals surface area contributed by atoms with E-state index < -0.39 is 0 Å². The predicted molar refractivity (Wildman–Crippen MR) is 104 cm³/mol. The third-order valence-electron chi connectivity index (χ3n) is 4.02. The van der Waals surface area contributed by atoms with Gasteiger partial charge in [-0.1, -0.05) is 12.1 Å². The van der Waals surface area contributed by atoms with Crippen LogP contribution in [0.2, 0.25) is 0 Å². The van der Waals surface area contributed by atoms with Gasteiger partial charge in [0, 0.05) is 24.5 Å². The molecule has 0 radical (unpaired) electrons. The number of nitrogens with zero attached hydrogens (tertiary/aromatic N) is 2. The average molecular weight is 395 g/mol. The van der Waals surface area contributed by atoms with Crippen molar-refractivity contribution in [2.45, 2.75) is 6.54 Å². The summed E-state index contributed by atoms with van der Waals surface area (Å²) in [5.41, 5.74) is 1.26. The molecule has 3 N–H and O–H groups in total. The second-order valence-electron chi connectivity index (χ2n) is 5.93. The zero-order valence-corrected chi connectivity index (χ0v) is 15.2. The monoisotopic (exact) mass is 395 g/mol. The van der Waals surface area contributed by atoms with Crippen LogP contribution in [0.3, 0.4) is 0 Å². The first kappa shape index (κ1) is 17.8. The van der Waals surface area contributed by atoms with Crippen molar-refractivity contribution in [2.75, 3.05) is 5.32 Å². The minimum atomic E-state index is -0.323.